The fourth-order valence-electron chi connectivity index (χ4n) is 2.94. The minimum Gasteiger partial charge on any atom is -0.311 e. The Morgan fingerprint density at radius 1 is 1.45 bits per heavy atom. The first-order valence-electron chi connectivity index (χ1n) is 7.51. The number of halogens is 1. The highest BCUT2D eigenvalue weighted by Gasteiger charge is 2.34. The summed E-state index contributed by atoms with van der Waals surface area (Å²) in [6, 6.07) is 0.612. The largest absolute Gasteiger partial charge is 0.311 e. The van der Waals surface area contributed by atoms with Crippen molar-refractivity contribution in [1.82, 2.24) is 20.0 Å². The second-order valence-corrected chi connectivity index (χ2v) is 7.32. The lowest BCUT2D eigenvalue weighted by molar-refractivity contribution is 0.0540. The van der Waals surface area contributed by atoms with Crippen molar-refractivity contribution in [2.75, 3.05) is 13.1 Å². The molecule has 0 aromatic carbocycles. The number of aryl methyl sites for hydroxylation is 2. The predicted molar refractivity (Wildman–Crippen MR) is 86.8 cm³/mol. The summed E-state index contributed by atoms with van der Waals surface area (Å²) in [6.45, 7) is 12.1. The second kappa shape index (κ2) is 6.16. The molecule has 0 aliphatic carbocycles. The van der Waals surface area contributed by atoms with E-state index in [1.807, 2.05) is 11.7 Å². The summed E-state index contributed by atoms with van der Waals surface area (Å²) in [4.78, 5) is 2.59. The Morgan fingerprint density at radius 2 is 2.15 bits per heavy atom. The molecule has 114 valence electrons. The predicted octanol–water partition coefficient (Wildman–Crippen LogP) is 2.84. The topological polar surface area (TPSA) is 33.1 Å². The van der Waals surface area contributed by atoms with E-state index < -0.39 is 0 Å². The summed E-state index contributed by atoms with van der Waals surface area (Å²) >= 11 is 3.69. The molecule has 2 heterocycles. The Hall–Kier alpha value is -0.390. The van der Waals surface area contributed by atoms with E-state index in [-0.39, 0.29) is 5.54 Å². The third-order valence-corrected chi connectivity index (χ3v) is 5.39. The number of hydrogen-bond donors (Lipinski definition) is 1. The Balaban J connectivity index is 2.16. The lowest BCUT2D eigenvalue weighted by Gasteiger charge is -2.46. The fraction of sp³-hybridized carbons (Fsp3) is 0.800. The van der Waals surface area contributed by atoms with Crippen LogP contribution in [0.25, 0.3) is 0 Å². The zero-order chi connectivity index (χ0) is 14.9. The first kappa shape index (κ1) is 16.0. The third-order valence-electron chi connectivity index (χ3n) is 4.36. The molecule has 1 atom stereocenters. The summed E-state index contributed by atoms with van der Waals surface area (Å²) in [5.74, 6) is 0. The first-order chi connectivity index (χ1) is 9.35. The Kier molecular flexibility index (Phi) is 4.92. The van der Waals surface area contributed by atoms with Gasteiger partial charge in [0.05, 0.1) is 15.9 Å². The summed E-state index contributed by atoms with van der Waals surface area (Å²) in [6.07, 6.45) is 2.48. The number of hydrogen-bond acceptors (Lipinski definition) is 3. The van der Waals surface area contributed by atoms with Crippen LogP contribution in [0.4, 0.5) is 0 Å². The van der Waals surface area contributed by atoms with Crippen molar-refractivity contribution in [2.24, 2.45) is 7.05 Å². The van der Waals surface area contributed by atoms with Crippen molar-refractivity contribution < 1.29 is 0 Å². The lowest BCUT2D eigenvalue weighted by Crippen LogP contribution is -2.61. The van der Waals surface area contributed by atoms with Crippen LogP contribution in [0.3, 0.4) is 0 Å². The summed E-state index contributed by atoms with van der Waals surface area (Å²) in [5.41, 5.74) is 2.52. The van der Waals surface area contributed by atoms with Crippen molar-refractivity contribution in [1.29, 1.82) is 0 Å². The van der Waals surface area contributed by atoms with Crippen LogP contribution in [0, 0.1) is 6.92 Å². The van der Waals surface area contributed by atoms with Gasteiger partial charge < -0.3 is 5.32 Å². The highest BCUT2D eigenvalue weighted by Crippen LogP contribution is 2.27. The molecule has 1 fully saturated rings. The van der Waals surface area contributed by atoms with Crippen molar-refractivity contribution >= 4 is 15.9 Å². The third kappa shape index (κ3) is 3.26. The van der Waals surface area contributed by atoms with E-state index in [1.54, 1.807) is 0 Å². The van der Waals surface area contributed by atoms with Crippen LogP contribution in [0.2, 0.25) is 0 Å². The molecule has 1 saturated heterocycles. The quantitative estimate of drug-likeness (QED) is 0.913. The monoisotopic (exact) mass is 342 g/mol. The molecule has 0 spiro atoms. The molecule has 1 N–H and O–H groups in total. The molecular formula is C15H27BrN4. The molecule has 1 aliphatic rings. The smallest absolute Gasteiger partial charge is 0.0739 e. The average Bonchev–Trinajstić information content (AvgIpc) is 2.60. The number of aromatic nitrogens is 2. The van der Waals surface area contributed by atoms with Gasteiger partial charge in [-0.15, -0.1) is 0 Å². The van der Waals surface area contributed by atoms with Crippen molar-refractivity contribution in [3.8, 4) is 0 Å². The van der Waals surface area contributed by atoms with Crippen LogP contribution < -0.4 is 5.32 Å². The zero-order valence-electron chi connectivity index (χ0n) is 13.3. The summed E-state index contributed by atoms with van der Waals surface area (Å²) < 4.78 is 3.16. The second-order valence-electron chi connectivity index (χ2n) is 6.53. The van der Waals surface area contributed by atoms with Gasteiger partial charge >= 0.3 is 0 Å². The summed E-state index contributed by atoms with van der Waals surface area (Å²) in [7, 11) is 2.03. The van der Waals surface area contributed by atoms with Crippen LogP contribution in [0.15, 0.2) is 4.47 Å². The highest BCUT2D eigenvalue weighted by molar-refractivity contribution is 9.10. The molecule has 2 rings (SSSR count). The zero-order valence-corrected chi connectivity index (χ0v) is 14.9. The molecule has 0 amide bonds. The Bertz CT molecular complexity index is 467. The molecule has 1 unspecified atom stereocenters. The molecule has 0 saturated carbocycles. The van der Waals surface area contributed by atoms with Gasteiger partial charge in [-0.25, -0.2) is 0 Å². The van der Waals surface area contributed by atoms with Crippen molar-refractivity contribution in [2.45, 2.75) is 58.7 Å². The van der Waals surface area contributed by atoms with Crippen LogP contribution in [0.1, 0.15) is 45.0 Å². The summed E-state index contributed by atoms with van der Waals surface area (Å²) in [5, 5.41) is 8.19. The number of nitrogens with one attached hydrogen (secondary N) is 1. The maximum Gasteiger partial charge on any atom is 0.0739 e. The SMILES string of the molecule is CCCC1CN(Cc2c(Br)c(C)nn2C)C(C)(C)CN1. The standard InChI is InChI=1S/C15H27BrN4/c1-6-7-12-8-20(15(3,4)10-17-12)9-13-14(16)11(2)18-19(13)5/h12,17H,6-10H2,1-5H3. The average molecular weight is 343 g/mol. The highest BCUT2D eigenvalue weighted by atomic mass is 79.9. The van der Waals surface area contributed by atoms with E-state index in [4.69, 9.17) is 0 Å². The van der Waals surface area contributed by atoms with E-state index in [0.717, 1.165) is 29.8 Å². The lowest BCUT2D eigenvalue weighted by atomic mass is 9.95. The van der Waals surface area contributed by atoms with E-state index in [2.05, 4.69) is 58.9 Å². The van der Waals surface area contributed by atoms with E-state index in [0.29, 0.717) is 6.04 Å². The van der Waals surface area contributed by atoms with Gasteiger partial charge in [0.2, 0.25) is 0 Å². The van der Waals surface area contributed by atoms with Crippen LogP contribution >= 0.6 is 15.9 Å². The first-order valence-corrected chi connectivity index (χ1v) is 8.31. The number of rotatable bonds is 4. The van der Waals surface area contributed by atoms with E-state index in [1.165, 1.54) is 18.5 Å². The van der Waals surface area contributed by atoms with Crippen LogP contribution in [-0.2, 0) is 13.6 Å². The van der Waals surface area contributed by atoms with Crippen LogP contribution in [0.5, 0.6) is 0 Å². The van der Waals surface area contributed by atoms with Gasteiger partial charge in [0.25, 0.3) is 0 Å². The van der Waals surface area contributed by atoms with E-state index in [9.17, 15) is 0 Å². The number of nitrogens with zero attached hydrogens (tertiary/aromatic N) is 3. The molecule has 0 radical (unpaired) electrons. The van der Waals surface area contributed by atoms with E-state index >= 15 is 0 Å². The van der Waals surface area contributed by atoms with Gasteiger partial charge in [0.15, 0.2) is 0 Å². The molecule has 1 aromatic heterocycles. The molecule has 4 nitrogen and oxygen atoms in total. The van der Waals surface area contributed by atoms with Crippen molar-refractivity contribution in [3.05, 3.63) is 15.9 Å². The maximum atomic E-state index is 4.51. The van der Waals surface area contributed by atoms with Gasteiger partial charge in [0.1, 0.15) is 0 Å². The molecular weight excluding hydrogens is 316 g/mol. The number of piperazine rings is 1. The minimum atomic E-state index is 0.182. The van der Waals surface area contributed by atoms with Crippen molar-refractivity contribution in [3.63, 3.8) is 0 Å². The Morgan fingerprint density at radius 3 is 2.70 bits per heavy atom. The molecule has 0 bridgehead atoms. The van der Waals surface area contributed by atoms with Gasteiger partial charge in [-0.1, -0.05) is 13.3 Å². The minimum absolute atomic E-state index is 0.182. The Labute approximate surface area is 131 Å². The van der Waals surface area contributed by atoms with Gasteiger partial charge in [0, 0.05) is 38.3 Å². The van der Waals surface area contributed by atoms with Gasteiger partial charge in [-0.2, -0.15) is 5.10 Å². The molecule has 5 heteroatoms. The fourth-order valence-corrected chi connectivity index (χ4v) is 3.40. The van der Waals surface area contributed by atoms with Crippen LogP contribution in [-0.4, -0.2) is 39.4 Å². The van der Waals surface area contributed by atoms with Gasteiger partial charge in [-0.05, 0) is 43.1 Å². The van der Waals surface area contributed by atoms with Gasteiger partial charge in [-0.3, -0.25) is 9.58 Å². The normalized spacial score (nSPS) is 23.2. The molecule has 1 aromatic rings. The molecule has 20 heavy (non-hydrogen) atoms. The molecule has 1 aliphatic heterocycles. The maximum absolute atomic E-state index is 4.51.